The maximum atomic E-state index is 12.4. The van der Waals surface area contributed by atoms with Gasteiger partial charge in [0.15, 0.2) is 0 Å². The van der Waals surface area contributed by atoms with Gasteiger partial charge in [-0.15, -0.1) is 0 Å². The third kappa shape index (κ3) is 1.66. The fraction of sp³-hybridized carbons (Fsp3) is 0. The van der Waals surface area contributed by atoms with E-state index >= 15 is 0 Å². The molecule has 0 unspecified atom stereocenters. The predicted molar refractivity (Wildman–Crippen MR) is 45.2 cm³/mol. The van der Waals surface area contributed by atoms with Crippen LogP contribution < -0.4 is 0 Å². The van der Waals surface area contributed by atoms with E-state index in [1.54, 1.807) is 18.5 Å². The Labute approximate surface area is 74.3 Å². The van der Waals surface area contributed by atoms with Crippen molar-refractivity contribution in [2.24, 2.45) is 0 Å². The highest BCUT2D eigenvalue weighted by Gasteiger charge is 1.98. The minimum atomic E-state index is -0.715. The molecule has 13 heavy (non-hydrogen) atoms. The lowest BCUT2D eigenvalue weighted by molar-refractivity contribution is 0.539. The van der Waals surface area contributed by atoms with Crippen LogP contribution in [0.5, 0.6) is 0 Å². The van der Waals surface area contributed by atoms with Gasteiger partial charge < -0.3 is 0 Å². The van der Waals surface area contributed by atoms with E-state index in [0.717, 1.165) is 11.1 Å². The molecule has 3 nitrogen and oxygen atoms in total. The lowest BCUT2D eigenvalue weighted by atomic mass is 10.2. The van der Waals surface area contributed by atoms with Crippen LogP contribution in [0.2, 0.25) is 0 Å². The zero-order valence-corrected chi connectivity index (χ0v) is 6.68. The first-order valence-electron chi connectivity index (χ1n) is 3.74. The summed E-state index contributed by atoms with van der Waals surface area (Å²) in [6.45, 7) is 0. The van der Waals surface area contributed by atoms with Crippen LogP contribution in [-0.2, 0) is 0 Å². The van der Waals surface area contributed by atoms with Crippen LogP contribution in [0.15, 0.2) is 36.9 Å². The zero-order chi connectivity index (χ0) is 9.10. The first-order chi connectivity index (χ1) is 6.36. The maximum Gasteiger partial charge on any atom is 0.308 e. The average molecular weight is 175 g/mol. The summed E-state index contributed by atoms with van der Waals surface area (Å²) < 4.78 is 12.4. The summed E-state index contributed by atoms with van der Waals surface area (Å²) in [7, 11) is 0. The minimum absolute atomic E-state index is 0.715. The molecule has 0 saturated carbocycles. The molecule has 0 atom stereocenters. The van der Waals surface area contributed by atoms with Gasteiger partial charge in [-0.3, -0.25) is 4.98 Å². The third-order valence-corrected chi connectivity index (χ3v) is 1.62. The molecular formula is C9H6FN3. The Hall–Kier alpha value is -1.84. The topological polar surface area (TPSA) is 38.7 Å². The number of hydrogen-bond donors (Lipinski definition) is 0. The Bertz CT molecular complexity index is 385. The number of hydrogen-bond acceptors (Lipinski definition) is 3. The lowest BCUT2D eigenvalue weighted by Crippen LogP contribution is -1.88. The number of halogens is 1. The summed E-state index contributed by atoms with van der Waals surface area (Å²) in [5, 5.41) is 0. The summed E-state index contributed by atoms with van der Waals surface area (Å²) >= 11 is 0. The molecular weight excluding hydrogens is 169 g/mol. The molecule has 0 radical (unpaired) electrons. The van der Waals surface area contributed by atoms with Crippen LogP contribution in [0, 0.1) is 6.08 Å². The van der Waals surface area contributed by atoms with Gasteiger partial charge in [-0.1, -0.05) is 6.07 Å². The monoisotopic (exact) mass is 175 g/mol. The molecule has 0 aliphatic carbocycles. The second-order valence-corrected chi connectivity index (χ2v) is 2.48. The van der Waals surface area contributed by atoms with Gasteiger partial charge in [0, 0.05) is 35.9 Å². The molecule has 0 aliphatic rings. The van der Waals surface area contributed by atoms with E-state index in [0.29, 0.717) is 0 Å². The summed E-state index contributed by atoms with van der Waals surface area (Å²) in [5.41, 5.74) is 1.64. The number of aromatic nitrogens is 3. The molecule has 64 valence electrons. The highest BCUT2D eigenvalue weighted by atomic mass is 19.1. The van der Waals surface area contributed by atoms with Crippen LogP contribution >= 0.6 is 0 Å². The van der Waals surface area contributed by atoms with E-state index in [-0.39, 0.29) is 0 Å². The Balaban J connectivity index is 2.42. The second kappa shape index (κ2) is 3.26. The molecule has 2 aromatic rings. The number of pyridine rings is 1. The fourth-order valence-corrected chi connectivity index (χ4v) is 0.995. The van der Waals surface area contributed by atoms with Gasteiger partial charge in [-0.25, -0.2) is 9.97 Å². The zero-order valence-electron chi connectivity index (χ0n) is 6.68. The van der Waals surface area contributed by atoms with E-state index < -0.39 is 6.08 Å². The second-order valence-electron chi connectivity index (χ2n) is 2.48. The first-order valence-corrected chi connectivity index (χ1v) is 3.74. The molecule has 2 rings (SSSR count). The van der Waals surface area contributed by atoms with Crippen molar-refractivity contribution in [1.29, 1.82) is 0 Å². The van der Waals surface area contributed by atoms with Crippen molar-refractivity contribution in [3.63, 3.8) is 0 Å². The molecule has 0 aliphatic heterocycles. The molecule has 0 bridgehead atoms. The summed E-state index contributed by atoms with van der Waals surface area (Å²) in [6, 6.07) is 3.67. The summed E-state index contributed by atoms with van der Waals surface area (Å²) in [4.78, 5) is 10.8. The average Bonchev–Trinajstić information content (AvgIpc) is 2.20. The van der Waals surface area contributed by atoms with Crippen LogP contribution in [-0.4, -0.2) is 15.0 Å². The standard InChI is InChI=1S/C9H6FN3/c10-9-12-5-8(6-13-9)7-2-1-3-11-4-7/h1-6H. The van der Waals surface area contributed by atoms with Gasteiger partial charge in [0.2, 0.25) is 0 Å². The highest BCUT2D eigenvalue weighted by Crippen LogP contribution is 2.14. The quantitative estimate of drug-likeness (QED) is 0.619. The maximum absolute atomic E-state index is 12.4. The van der Waals surface area contributed by atoms with Gasteiger partial charge in [0.05, 0.1) is 0 Å². The third-order valence-electron chi connectivity index (χ3n) is 1.62. The van der Waals surface area contributed by atoms with Crippen molar-refractivity contribution in [1.82, 2.24) is 15.0 Å². The summed E-state index contributed by atoms with van der Waals surface area (Å²) in [5.74, 6) is 0. The molecule has 2 aromatic heterocycles. The number of rotatable bonds is 1. The van der Waals surface area contributed by atoms with Gasteiger partial charge in [-0.2, -0.15) is 4.39 Å². The van der Waals surface area contributed by atoms with E-state index in [4.69, 9.17) is 0 Å². The minimum Gasteiger partial charge on any atom is -0.264 e. The molecule has 2 heterocycles. The molecule has 0 amide bonds. The van der Waals surface area contributed by atoms with Crippen LogP contribution in [0.4, 0.5) is 4.39 Å². The van der Waals surface area contributed by atoms with Gasteiger partial charge in [-0.05, 0) is 6.07 Å². The summed E-state index contributed by atoms with van der Waals surface area (Å²) in [6.07, 6.45) is 5.50. The highest BCUT2D eigenvalue weighted by molar-refractivity contribution is 5.59. The predicted octanol–water partition coefficient (Wildman–Crippen LogP) is 1.68. The SMILES string of the molecule is Fc1ncc(-c2cccnc2)cn1. The largest absolute Gasteiger partial charge is 0.308 e. The Morgan fingerprint density at radius 1 is 1.00 bits per heavy atom. The van der Waals surface area contributed by atoms with E-state index in [2.05, 4.69) is 15.0 Å². The molecule has 0 saturated heterocycles. The molecule has 4 heteroatoms. The van der Waals surface area contributed by atoms with Crippen molar-refractivity contribution in [2.45, 2.75) is 0 Å². The normalized spacial score (nSPS) is 9.92. The number of nitrogens with zero attached hydrogens (tertiary/aromatic N) is 3. The van der Waals surface area contributed by atoms with Crippen molar-refractivity contribution in [2.75, 3.05) is 0 Å². The molecule has 0 spiro atoms. The van der Waals surface area contributed by atoms with Crippen LogP contribution in [0.25, 0.3) is 11.1 Å². The van der Waals surface area contributed by atoms with E-state index in [1.807, 2.05) is 6.07 Å². The van der Waals surface area contributed by atoms with Gasteiger partial charge >= 0.3 is 6.08 Å². The lowest BCUT2D eigenvalue weighted by Gasteiger charge is -1.97. The first kappa shape index (κ1) is 7.79. The smallest absolute Gasteiger partial charge is 0.264 e. The molecule has 0 fully saturated rings. The van der Waals surface area contributed by atoms with Crippen molar-refractivity contribution < 1.29 is 4.39 Å². The van der Waals surface area contributed by atoms with Crippen LogP contribution in [0.1, 0.15) is 0 Å². The fourth-order valence-electron chi connectivity index (χ4n) is 0.995. The van der Waals surface area contributed by atoms with E-state index in [9.17, 15) is 4.39 Å². The molecule has 0 aromatic carbocycles. The van der Waals surface area contributed by atoms with Crippen molar-refractivity contribution >= 4 is 0 Å². The molecule has 0 N–H and O–H groups in total. The Morgan fingerprint density at radius 2 is 1.77 bits per heavy atom. The van der Waals surface area contributed by atoms with E-state index in [1.165, 1.54) is 12.4 Å². The van der Waals surface area contributed by atoms with Crippen molar-refractivity contribution in [3.8, 4) is 11.1 Å². The Morgan fingerprint density at radius 3 is 2.38 bits per heavy atom. The van der Waals surface area contributed by atoms with Crippen molar-refractivity contribution in [3.05, 3.63) is 43.0 Å². The Kier molecular flexibility index (Phi) is 1.96. The van der Waals surface area contributed by atoms with Crippen LogP contribution in [0.3, 0.4) is 0 Å². The van der Waals surface area contributed by atoms with Gasteiger partial charge in [0.1, 0.15) is 0 Å². The van der Waals surface area contributed by atoms with Gasteiger partial charge in [0.25, 0.3) is 0 Å².